The van der Waals surface area contributed by atoms with Crippen LogP contribution in [0, 0.1) is 17.8 Å². The maximum atomic E-state index is 11.3. The summed E-state index contributed by atoms with van der Waals surface area (Å²) in [6.07, 6.45) is 4.68. The van der Waals surface area contributed by atoms with E-state index in [1.54, 1.807) is 0 Å². The van der Waals surface area contributed by atoms with E-state index in [9.17, 15) is 9.59 Å². The van der Waals surface area contributed by atoms with Crippen LogP contribution in [0.4, 0.5) is 0 Å². The molecule has 0 N–H and O–H groups in total. The van der Waals surface area contributed by atoms with Crippen molar-refractivity contribution in [3.8, 4) is 0 Å². The van der Waals surface area contributed by atoms with Crippen LogP contribution in [-0.2, 0) is 30.7 Å². The van der Waals surface area contributed by atoms with Crippen molar-refractivity contribution in [2.24, 2.45) is 11.3 Å². The summed E-state index contributed by atoms with van der Waals surface area (Å²) in [5, 5.41) is 0. The Morgan fingerprint density at radius 3 is 2.33 bits per heavy atom. The van der Waals surface area contributed by atoms with Crippen molar-refractivity contribution in [3.05, 3.63) is 6.42 Å². The predicted octanol–water partition coefficient (Wildman–Crippen LogP) is 2.56. The van der Waals surface area contributed by atoms with Gasteiger partial charge in [0.05, 0.1) is 0 Å². The van der Waals surface area contributed by atoms with E-state index in [-0.39, 0.29) is 38.5 Å². The van der Waals surface area contributed by atoms with Crippen molar-refractivity contribution in [1.29, 1.82) is 0 Å². The third-order valence-corrected chi connectivity index (χ3v) is 2.66. The minimum Gasteiger partial charge on any atom is -0.334 e. The molecule has 1 aliphatic carbocycles. The van der Waals surface area contributed by atoms with Gasteiger partial charge in [0.2, 0.25) is 0 Å². The second-order valence-corrected chi connectivity index (χ2v) is 5.28. The smallest absolute Gasteiger partial charge is 0.113 e. The summed E-state index contributed by atoms with van der Waals surface area (Å²) in [4.78, 5) is 22.6. The first-order chi connectivity index (χ1) is 6.40. The Morgan fingerprint density at radius 1 is 1.33 bits per heavy atom. The van der Waals surface area contributed by atoms with Crippen molar-refractivity contribution in [2.45, 2.75) is 46.5 Å². The summed E-state index contributed by atoms with van der Waals surface area (Å²) in [7, 11) is 0. The molecule has 0 heterocycles. The number of hydrogen-bond acceptors (Lipinski definition) is 2. The molecule has 1 saturated carbocycles. The standard InChI is InChI=1S/C12H19O2.W/c1-12(2,3)8-4-5-9-10(13)6-7-11(9)14;/h6,9H,4-5,7-8H2,1-3H3;/q-1;. The van der Waals surface area contributed by atoms with E-state index in [2.05, 4.69) is 20.8 Å². The minimum atomic E-state index is -0.308. The van der Waals surface area contributed by atoms with Gasteiger partial charge in [0.15, 0.2) is 0 Å². The molecule has 1 atom stereocenters. The Balaban J connectivity index is 0.00000196. The summed E-state index contributed by atoms with van der Waals surface area (Å²) >= 11 is 0. The molecule has 0 aromatic rings. The van der Waals surface area contributed by atoms with Gasteiger partial charge in [-0.15, -0.1) is 6.42 Å². The van der Waals surface area contributed by atoms with Gasteiger partial charge in [0.25, 0.3) is 0 Å². The van der Waals surface area contributed by atoms with Crippen LogP contribution < -0.4 is 0 Å². The number of hydrogen-bond donors (Lipinski definition) is 0. The molecule has 0 amide bonds. The van der Waals surface area contributed by atoms with Crippen LogP contribution in [0.1, 0.15) is 46.5 Å². The molecule has 0 saturated heterocycles. The molecule has 0 aliphatic heterocycles. The number of Topliss-reactive ketones (excluding diaryl/α,β-unsaturated/α-hetero) is 2. The quantitative estimate of drug-likeness (QED) is 0.558. The van der Waals surface area contributed by atoms with Crippen molar-refractivity contribution < 1.29 is 30.7 Å². The molecule has 0 aromatic heterocycles. The van der Waals surface area contributed by atoms with Gasteiger partial charge < -0.3 is 16.0 Å². The molecule has 0 radical (unpaired) electrons. The largest absolute Gasteiger partial charge is 0.334 e. The van der Waals surface area contributed by atoms with E-state index in [0.717, 1.165) is 19.3 Å². The molecule has 2 nitrogen and oxygen atoms in total. The van der Waals surface area contributed by atoms with E-state index < -0.39 is 0 Å². The molecule has 0 bridgehead atoms. The summed E-state index contributed by atoms with van der Waals surface area (Å²) in [5.74, 6) is -0.148. The Kier molecular flexibility index (Phi) is 5.80. The average Bonchev–Trinajstić information content (AvgIpc) is 2.33. The van der Waals surface area contributed by atoms with Gasteiger partial charge in [0, 0.05) is 32.8 Å². The monoisotopic (exact) mass is 379 g/mol. The van der Waals surface area contributed by atoms with Crippen LogP contribution in [-0.4, -0.2) is 11.6 Å². The Bertz CT molecular complexity index is 224. The third kappa shape index (κ3) is 4.97. The van der Waals surface area contributed by atoms with Crippen LogP contribution in [0.3, 0.4) is 0 Å². The van der Waals surface area contributed by atoms with Crippen LogP contribution >= 0.6 is 0 Å². The first-order valence-corrected chi connectivity index (χ1v) is 5.30. The Hall–Kier alpha value is -0.102. The van der Waals surface area contributed by atoms with Crippen LogP contribution in [0.5, 0.6) is 0 Å². The topological polar surface area (TPSA) is 34.1 Å². The van der Waals surface area contributed by atoms with Crippen LogP contribution in [0.25, 0.3) is 0 Å². The van der Waals surface area contributed by atoms with Gasteiger partial charge in [-0.3, -0.25) is 0 Å². The van der Waals surface area contributed by atoms with E-state index >= 15 is 0 Å². The molecule has 1 rings (SSSR count). The number of carbonyl (C=O) groups is 2. The van der Waals surface area contributed by atoms with Gasteiger partial charge in [-0.2, -0.15) is 0 Å². The van der Waals surface area contributed by atoms with Gasteiger partial charge in [-0.05, 0) is 18.3 Å². The molecule has 0 spiro atoms. The fraction of sp³-hybridized carbons (Fsp3) is 0.750. The zero-order valence-electron chi connectivity index (χ0n) is 9.71. The molecular formula is C12H19O2W-. The van der Waals surface area contributed by atoms with Crippen molar-refractivity contribution in [3.63, 3.8) is 0 Å². The first kappa shape index (κ1) is 14.9. The number of carbonyl (C=O) groups excluding carboxylic acids is 2. The number of rotatable bonds is 3. The third-order valence-electron chi connectivity index (χ3n) is 2.66. The summed E-state index contributed by atoms with van der Waals surface area (Å²) in [6, 6.07) is 0. The molecule has 1 fully saturated rings. The minimum absolute atomic E-state index is 0. The predicted molar refractivity (Wildman–Crippen MR) is 55.7 cm³/mol. The zero-order chi connectivity index (χ0) is 10.8. The van der Waals surface area contributed by atoms with Crippen molar-refractivity contribution in [2.75, 3.05) is 0 Å². The van der Waals surface area contributed by atoms with E-state index in [4.69, 9.17) is 0 Å². The molecular weight excluding hydrogens is 360 g/mol. The molecule has 1 unspecified atom stereocenters. The summed E-state index contributed by atoms with van der Waals surface area (Å²) in [6.45, 7) is 6.53. The normalized spacial score (nSPS) is 21.1. The summed E-state index contributed by atoms with van der Waals surface area (Å²) in [5.41, 5.74) is 0.300. The van der Waals surface area contributed by atoms with Crippen LogP contribution in [0.15, 0.2) is 0 Å². The van der Waals surface area contributed by atoms with Crippen molar-refractivity contribution >= 4 is 11.6 Å². The second-order valence-electron chi connectivity index (χ2n) is 5.28. The summed E-state index contributed by atoms with van der Waals surface area (Å²) < 4.78 is 0. The maximum absolute atomic E-state index is 11.3. The van der Waals surface area contributed by atoms with Gasteiger partial charge in [-0.25, -0.2) is 0 Å². The van der Waals surface area contributed by atoms with Gasteiger partial charge in [-0.1, -0.05) is 27.2 Å². The number of ketones is 2. The molecule has 0 aromatic carbocycles. The van der Waals surface area contributed by atoms with Crippen molar-refractivity contribution in [1.82, 2.24) is 0 Å². The van der Waals surface area contributed by atoms with Crippen LogP contribution in [0.2, 0.25) is 0 Å². The first-order valence-electron chi connectivity index (χ1n) is 5.30. The fourth-order valence-electron chi connectivity index (χ4n) is 1.78. The fourth-order valence-corrected chi connectivity index (χ4v) is 1.78. The Morgan fingerprint density at radius 2 is 1.93 bits per heavy atom. The SMILES string of the molecule is CC(C)(C)CCCC1C(=O)[CH-]CC1=O.[W]. The molecule has 86 valence electrons. The maximum Gasteiger partial charge on any atom is 0.113 e. The average molecular weight is 379 g/mol. The second kappa shape index (κ2) is 5.84. The molecule has 15 heavy (non-hydrogen) atoms. The van der Waals surface area contributed by atoms with E-state index in [1.165, 1.54) is 6.42 Å². The van der Waals surface area contributed by atoms with E-state index in [0.29, 0.717) is 11.8 Å². The zero-order valence-corrected chi connectivity index (χ0v) is 12.6. The van der Waals surface area contributed by atoms with Gasteiger partial charge in [0.1, 0.15) is 5.78 Å². The molecule has 3 heteroatoms. The Labute approximate surface area is 106 Å². The van der Waals surface area contributed by atoms with E-state index in [1.807, 2.05) is 0 Å². The molecule has 1 aliphatic rings. The van der Waals surface area contributed by atoms with Gasteiger partial charge >= 0.3 is 0 Å².